The van der Waals surface area contributed by atoms with Crippen LogP contribution in [-0.4, -0.2) is 23.8 Å². The van der Waals surface area contributed by atoms with Gasteiger partial charge >= 0.3 is 5.97 Å². The fourth-order valence-electron chi connectivity index (χ4n) is 1.49. The Hall–Kier alpha value is -0.970. The normalized spacial score (nSPS) is 13.9. The lowest BCUT2D eigenvalue weighted by Crippen LogP contribution is -2.28. The molecule has 1 N–H and O–H groups in total. The van der Waals surface area contributed by atoms with Gasteiger partial charge in [-0.2, -0.15) is 8.78 Å². The van der Waals surface area contributed by atoms with E-state index < -0.39 is 24.1 Å². The van der Waals surface area contributed by atoms with Gasteiger partial charge in [0.2, 0.25) is 0 Å². The molecule has 0 bridgehead atoms. The van der Waals surface area contributed by atoms with Gasteiger partial charge in [0.15, 0.2) is 0 Å². The second-order valence-corrected chi connectivity index (χ2v) is 3.80. The number of aliphatic hydroxyl groups is 1. The monoisotopic (exact) mass is 250 g/mol. The van der Waals surface area contributed by atoms with E-state index in [4.69, 9.17) is 0 Å². The van der Waals surface area contributed by atoms with Crippen LogP contribution in [0.25, 0.3) is 0 Å². The Kier molecular flexibility index (Phi) is 8.58. The van der Waals surface area contributed by atoms with Gasteiger partial charge in [0.1, 0.15) is 5.92 Å². The summed E-state index contributed by atoms with van der Waals surface area (Å²) in [5.41, 5.74) is 0. The average molecular weight is 250 g/mol. The quantitative estimate of drug-likeness (QED) is 0.532. The zero-order valence-electron chi connectivity index (χ0n) is 10.3. The first kappa shape index (κ1) is 16.0. The smallest absolute Gasteiger partial charge is 0.315 e. The minimum absolute atomic E-state index is 0.110. The van der Waals surface area contributed by atoms with Gasteiger partial charge < -0.3 is 9.84 Å². The van der Waals surface area contributed by atoms with Gasteiger partial charge in [-0.3, -0.25) is 4.79 Å². The highest BCUT2D eigenvalue weighted by Gasteiger charge is 2.26. The second kappa shape index (κ2) is 9.10. The molecule has 0 spiro atoms. The summed E-state index contributed by atoms with van der Waals surface area (Å²) < 4.78 is 29.0. The largest absolute Gasteiger partial charge is 0.465 e. The molecular formula is C12H20F2O3. The number of hydrogen-bond acceptors (Lipinski definition) is 3. The summed E-state index contributed by atoms with van der Waals surface area (Å²) in [5.74, 6) is -2.07. The van der Waals surface area contributed by atoms with E-state index in [0.717, 1.165) is 12.8 Å². The Morgan fingerprint density at radius 1 is 1.35 bits per heavy atom. The van der Waals surface area contributed by atoms with Gasteiger partial charge in [-0.1, -0.05) is 26.2 Å². The first-order valence-corrected chi connectivity index (χ1v) is 5.90. The van der Waals surface area contributed by atoms with Crippen LogP contribution >= 0.6 is 0 Å². The number of halogens is 2. The number of rotatable bonds is 8. The van der Waals surface area contributed by atoms with Crippen LogP contribution in [0.2, 0.25) is 0 Å². The van der Waals surface area contributed by atoms with Crippen molar-refractivity contribution < 1.29 is 23.4 Å². The lowest BCUT2D eigenvalue weighted by molar-refractivity contribution is -0.149. The van der Waals surface area contributed by atoms with Gasteiger partial charge in [-0.15, -0.1) is 0 Å². The molecule has 17 heavy (non-hydrogen) atoms. The zero-order chi connectivity index (χ0) is 13.3. The number of carbonyl (C=O) groups is 1. The van der Waals surface area contributed by atoms with Crippen LogP contribution in [0.5, 0.6) is 0 Å². The molecule has 2 atom stereocenters. The topological polar surface area (TPSA) is 46.5 Å². The van der Waals surface area contributed by atoms with Crippen molar-refractivity contribution in [3.63, 3.8) is 0 Å². The molecule has 0 saturated carbocycles. The summed E-state index contributed by atoms with van der Waals surface area (Å²) in [5, 5.41) is 9.70. The van der Waals surface area contributed by atoms with E-state index in [1.807, 2.05) is 6.92 Å². The van der Waals surface area contributed by atoms with Crippen molar-refractivity contribution in [2.75, 3.05) is 6.61 Å². The maximum atomic E-state index is 12.2. The molecule has 100 valence electrons. The number of ether oxygens (including phenoxy) is 1. The van der Waals surface area contributed by atoms with Crippen molar-refractivity contribution in [2.24, 2.45) is 5.92 Å². The minimum Gasteiger partial charge on any atom is -0.465 e. The molecule has 0 fully saturated rings. The summed E-state index contributed by atoms with van der Waals surface area (Å²) in [7, 11) is 0. The Morgan fingerprint density at radius 2 is 2.00 bits per heavy atom. The third kappa shape index (κ3) is 7.05. The van der Waals surface area contributed by atoms with Crippen molar-refractivity contribution in [1.29, 1.82) is 0 Å². The van der Waals surface area contributed by atoms with Crippen LogP contribution in [0.1, 0.15) is 39.5 Å². The molecule has 0 aromatic carbocycles. The van der Waals surface area contributed by atoms with Crippen LogP contribution in [-0.2, 0) is 9.53 Å². The van der Waals surface area contributed by atoms with Gasteiger partial charge in [0, 0.05) is 0 Å². The van der Waals surface area contributed by atoms with Gasteiger partial charge in [-0.25, -0.2) is 0 Å². The molecule has 0 aliphatic rings. The fraction of sp³-hybridized carbons (Fsp3) is 0.750. The predicted octanol–water partition coefficient (Wildman–Crippen LogP) is 2.89. The molecule has 0 amide bonds. The number of carbonyl (C=O) groups excluding carboxylic acids is 1. The highest BCUT2D eigenvalue weighted by Crippen LogP contribution is 2.18. The number of hydrogen-bond donors (Lipinski definition) is 1. The van der Waals surface area contributed by atoms with E-state index in [2.05, 4.69) is 4.74 Å². The molecule has 0 aromatic heterocycles. The van der Waals surface area contributed by atoms with Crippen LogP contribution < -0.4 is 0 Å². The lowest BCUT2D eigenvalue weighted by atomic mass is 9.97. The molecule has 0 heterocycles. The van der Waals surface area contributed by atoms with E-state index in [-0.39, 0.29) is 6.61 Å². The van der Waals surface area contributed by atoms with Crippen molar-refractivity contribution >= 4 is 5.97 Å². The maximum Gasteiger partial charge on any atom is 0.315 e. The van der Waals surface area contributed by atoms with Crippen molar-refractivity contribution in [3.05, 3.63) is 12.2 Å². The molecule has 5 heteroatoms. The Balaban J connectivity index is 4.45. The van der Waals surface area contributed by atoms with Crippen molar-refractivity contribution in [1.82, 2.24) is 0 Å². The Labute approximate surface area is 100 Å². The predicted molar refractivity (Wildman–Crippen MR) is 60.6 cm³/mol. The van der Waals surface area contributed by atoms with Crippen LogP contribution in [0, 0.1) is 5.92 Å². The number of aliphatic hydroxyl groups excluding tert-OH is 1. The third-order valence-electron chi connectivity index (χ3n) is 2.38. The number of esters is 1. The van der Waals surface area contributed by atoms with Crippen LogP contribution in [0.4, 0.5) is 8.78 Å². The zero-order valence-corrected chi connectivity index (χ0v) is 10.3. The van der Waals surface area contributed by atoms with Gasteiger partial charge in [0.05, 0.1) is 12.7 Å². The number of unbranched alkanes of at least 4 members (excludes halogenated alkanes) is 2. The molecule has 0 aromatic rings. The average Bonchev–Trinajstić information content (AvgIpc) is 2.26. The maximum absolute atomic E-state index is 12.2. The van der Waals surface area contributed by atoms with Gasteiger partial charge in [0.25, 0.3) is 6.08 Å². The Morgan fingerprint density at radius 3 is 2.47 bits per heavy atom. The second-order valence-electron chi connectivity index (χ2n) is 3.80. The molecule has 3 nitrogen and oxygen atoms in total. The van der Waals surface area contributed by atoms with Crippen LogP contribution in [0.15, 0.2) is 12.2 Å². The van der Waals surface area contributed by atoms with E-state index >= 15 is 0 Å². The highest BCUT2D eigenvalue weighted by atomic mass is 19.3. The molecule has 0 aliphatic heterocycles. The molecule has 0 aliphatic carbocycles. The molecule has 2 unspecified atom stereocenters. The first-order chi connectivity index (χ1) is 8.02. The third-order valence-corrected chi connectivity index (χ3v) is 2.38. The van der Waals surface area contributed by atoms with Crippen molar-refractivity contribution in [3.8, 4) is 0 Å². The summed E-state index contributed by atoms with van der Waals surface area (Å²) in [4.78, 5) is 11.4. The summed E-state index contributed by atoms with van der Waals surface area (Å²) >= 11 is 0. The minimum atomic E-state index is -1.97. The van der Waals surface area contributed by atoms with E-state index in [1.54, 1.807) is 6.92 Å². The van der Waals surface area contributed by atoms with E-state index in [1.165, 1.54) is 0 Å². The first-order valence-electron chi connectivity index (χ1n) is 5.90. The standard InChI is InChI=1S/C12H20F2O3/c1-3-5-6-7-10(15)9(8-11(13)14)12(16)17-4-2/h8-10,15H,3-7H2,1-2H3. The summed E-state index contributed by atoms with van der Waals surface area (Å²) in [6.07, 6.45) is 0.267. The molecule has 0 saturated heterocycles. The van der Waals surface area contributed by atoms with Crippen LogP contribution in [0.3, 0.4) is 0 Å². The van der Waals surface area contributed by atoms with Gasteiger partial charge in [-0.05, 0) is 19.4 Å². The summed E-state index contributed by atoms with van der Waals surface area (Å²) in [6, 6.07) is 0. The molecular weight excluding hydrogens is 230 g/mol. The molecule has 0 radical (unpaired) electrons. The van der Waals surface area contributed by atoms with Crippen molar-refractivity contribution in [2.45, 2.75) is 45.6 Å². The lowest BCUT2D eigenvalue weighted by Gasteiger charge is -2.17. The van der Waals surface area contributed by atoms with E-state index in [9.17, 15) is 18.7 Å². The Bertz CT molecular complexity index is 250. The highest BCUT2D eigenvalue weighted by molar-refractivity contribution is 5.75. The van der Waals surface area contributed by atoms with E-state index in [0.29, 0.717) is 18.9 Å². The summed E-state index contributed by atoms with van der Waals surface area (Å²) in [6.45, 7) is 3.70. The SMILES string of the molecule is CCCCCC(O)C(C=C(F)F)C(=O)OCC. The fourth-order valence-corrected chi connectivity index (χ4v) is 1.49. The molecule has 0 rings (SSSR count).